The van der Waals surface area contributed by atoms with E-state index in [2.05, 4.69) is 93.6 Å². The molecule has 2 unspecified atom stereocenters. The molecule has 2 heteroatoms. The van der Waals surface area contributed by atoms with E-state index in [9.17, 15) is 0 Å². The minimum absolute atomic E-state index is 0.157. The smallest absolute Gasteiger partial charge is 0.00748 e. The Morgan fingerprint density at radius 2 is 1.44 bits per heavy atom. The molecule has 0 aliphatic carbocycles. The van der Waals surface area contributed by atoms with Gasteiger partial charge in [-0.2, -0.15) is 0 Å². The third-order valence-corrected chi connectivity index (χ3v) is 7.03. The summed E-state index contributed by atoms with van der Waals surface area (Å²) in [4.78, 5) is 0. The fourth-order valence-corrected chi connectivity index (χ4v) is 5.13. The van der Waals surface area contributed by atoms with Crippen molar-refractivity contribution in [3.8, 4) is 0 Å². The van der Waals surface area contributed by atoms with Crippen LogP contribution in [0.15, 0.2) is 12.2 Å². The maximum atomic E-state index is 5.68. The van der Waals surface area contributed by atoms with Crippen molar-refractivity contribution in [3.63, 3.8) is 0 Å². The van der Waals surface area contributed by atoms with Crippen LogP contribution in [0.3, 0.4) is 0 Å². The number of hydrogen-bond acceptors (Lipinski definition) is 2. The molecule has 0 fully saturated rings. The zero-order chi connectivity index (χ0) is 21.5. The number of allylic oxidation sites excluding steroid dienone is 1. The second-order valence-corrected chi connectivity index (χ2v) is 11.8. The third kappa shape index (κ3) is 8.69. The fourth-order valence-electron chi connectivity index (χ4n) is 5.13. The van der Waals surface area contributed by atoms with Gasteiger partial charge in [-0.05, 0) is 54.3 Å². The van der Waals surface area contributed by atoms with E-state index in [0.29, 0.717) is 23.3 Å². The van der Waals surface area contributed by atoms with E-state index in [1.54, 1.807) is 0 Å². The van der Waals surface area contributed by atoms with Gasteiger partial charge in [0.15, 0.2) is 0 Å². The highest BCUT2D eigenvalue weighted by Gasteiger charge is 2.43. The quantitative estimate of drug-likeness (QED) is 0.277. The average Bonchev–Trinajstić information content (AvgIpc) is 2.44. The highest BCUT2D eigenvalue weighted by atomic mass is 14.9. The molecule has 0 spiro atoms. The minimum Gasteiger partial charge on any atom is -0.329 e. The Bertz CT molecular complexity index is 445. The number of nitrogens with one attached hydrogen (secondary N) is 1. The summed E-state index contributed by atoms with van der Waals surface area (Å²) in [5.74, 6) is 1.35. The molecule has 0 radical (unpaired) electrons. The number of nitrogens with two attached hydrogens (primary N) is 1. The van der Waals surface area contributed by atoms with E-state index in [-0.39, 0.29) is 10.8 Å². The van der Waals surface area contributed by atoms with Crippen molar-refractivity contribution in [3.05, 3.63) is 12.2 Å². The van der Waals surface area contributed by atoms with Crippen LogP contribution in [0.4, 0.5) is 0 Å². The predicted octanol–water partition coefficient (Wildman–Crippen LogP) is 6.66. The molecule has 2 atom stereocenters. The molecule has 27 heavy (non-hydrogen) atoms. The van der Waals surface area contributed by atoms with Crippen LogP contribution in [0.1, 0.15) is 95.4 Å². The van der Waals surface area contributed by atoms with Crippen molar-refractivity contribution in [1.82, 2.24) is 5.32 Å². The lowest BCUT2D eigenvalue weighted by atomic mass is 9.56. The predicted molar refractivity (Wildman–Crippen MR) is 124 cm³/mol. The first-order chi connectivity index (χ1) is 12.1. The molecule has 0 aromatic carbocycles. The second kappa shape index (κ2) is 10.4. The lowest BCUT2D eigenvalue weighted by Gasteiger charge is -2.49. The van der Waals surface area contributed by atoms with E-state index in [0.717, 1.165) is 19.0 Å². The normalized spacial score (nSPS) is 17.5. The summed E-state index contributed by atoms with van der Waals surface area (Å²) < 4.78 is 0. The minimum atomic E-state index is 0.157. The fraction of sp³-hybridized carbons (Fsp3) is 0.920. The monoisotopic (exact) mass is 380 g/mol. The van der Waals surface area contributed by atoms with Crippen LogP contribution in [-0.2, 0) is 0 Å². The molecular weight excluding hydrogens is 328 g/mol. The Morgan fingerprint density at radius 1 is 0.889 bits per heavy atom. The molecule has 0 aromatic rings. The topological polar surface area (TPSA) is 38.0 Å². The molecule has 2 nitrogen and oxygen atoms in total. The lowest BCUT2D eigenvalue weighted by Crippen LogP contribution is -2.43. The summed E-state index contributed by atoms with van der Waals surface area (Å²) in [6.45, 7) is 29.1. The second-order valence-electron chi connectivity index (χ2n) is 11.8. The molecule has 0 rings (SSSR count). The molecular formula is C25H52N2. The summed E-state index contributed by atoms with van der Waals surface area (Å²) in [5, 5.41) is 3.55. The summed E-state index contributed by atoms with van der Waals surface area (Å²) in [5.41, 5.74) is 6.79. The molecule has 0 saturated carbocycles. The van der Waals surface area contributed by atoms with Gasteiger partial charge in [0.05, 0.1) is 0 Å². The van der Waals surface area contributed by atoms with Crippen LogP contribution >= 0.6 is 0 Å². The molecule has 0 saturated heterocycles. The van der Waals surface area contributed by atoms with Gasteiger partial charge in [-0.1, -0.05) is 81.4 Å². The van der Waals surface area contributed by atoms with E-state index in [1.807, 2.05) is 0 Å². The van der Waals surface area contributed by atoms with E-state index >= 15 is 0 Å². The van der Waals surface area contributed by atoms with Crippen LogP contribution in [0, 0.1) is 33.5 Å². The van der Waals surface area contributed by atoms with Crippen LogP contribution in [0.2, 0.25) is 0 Å². The first-order valence-corrected chi connectivity index (χ1v) is 11.2. The highest BCUT2D eigenvalue weighted by molar-refractivity contribution is 5.02. The molecule has 0 bridgehead atoms. The maximum Gasteiger partial charge on any atom is 0.00748 e. The molecule has 0 aliphatic heterocycles. The lowest BCUT2D eigenvalue weighted by molar-refractivity contribution is 0.0137. The zero-order valence-electron chi connectivity index (χ0n) is 20.6. The first kappa shape index (κ1) is 26.7. The standard InChI is InChI=1S/C25H52N2/c1-12-13-25(11,19-27-15-14-26)21(4)17-23(7,8)24(9,10)18-22(5,6)16-20(2)3/h12-13,20-21,27H,14-19,26H2,1-11H3. The molecule has 162 valence electrons. The van der Waals surface area contributed by atoms with E-state index in [1.165, 1.54) is 19.3 Å². The first-order valence-electron chi connectivity index (χ1n) is 11.2. The van der Waals surface area contributed by atoms with Gasteiger partial charge in [0.2, 0.25) is 0 Å². The van der Waals surface area contributed by atoms with Gasteiger partial charge >= 0.3 is 0 Å². The van der Waals surface area contributed by atoms with Gasteiger partial charge in [-0.25, -0.2) is 0 Å². The van der Waals surface area contributed by atoms with Gasteiger partial charge in [0.1, 0.15) is 0 Å². The van der Waals surface area contributed by atoms with Crippen molar-refractivity contribution in [1.29, 1.82) is 0 Å². The average molecular weight is 381 g/mol. The SMILES string of the molecule is CC=CC(C)(CNCCN)C(C)CC(C)(C)C(C)(C)CC(C)(C)CC(C)C. The Labute approximate surface area is 172 Å². The number of hydrogen-bond donors (Lipinski definition) is 2. The van der Waals surface area contributed by atoms with Crippen molar-refractivity contribution >= 4 is 0 Å². The Morgan fingerprint density at radius 3 is 1.89 bits per heavy atom. The maximum absolute atomic E-state index is 5.68. The molecule has 0 aromatic heterocycles. The van der Waals surface area contributed by atoms with E-state index in [4.69, 9.17) is 5.73 Å². The number of rotatable bonds is 13. The van der Waals surface area contributed by atoms with Gasteiger partial charge in [-0.15, -0.1) is 0 Å². The van der Waals surface area contributed by atoms with Gasteiger partial charge < -0.3 is 11.1 Å². The molecule has 3 N–H and O–H groups in total. The highest BCUT2D eigenvalue weighted by Crippen LogP contribution is 2.52. The van der Waals surface area contributed by atoms with Crippen molar-refractivity contribution in [2.75, 3.05) is 19.6 Å². The zero-order valence-corrected chi connectivity index (χ0v) is 20.6. The van der Waals surface area contributed by atoms with Crippen LogP contribution < -0.4 is 11.1 Å². The van der Waals surface area contributed by atoms with Gasteiger partial charge in [0, 0.05) is 25.0 Å². The van der Waals surface area contributed by atoms with E-state index < -0.39 is 0 Å². The largest absolute Gasteiger partial charge is 0.329 e. The summed E-state index contributed by atoms with van der Waals surface area (Å²) in [6, 6.07) is 0. The summed E-state index contributed by atoms with van der Waals surface area (Å²) in [7, 11) is 0. The molecule has 0 aliphatic rings. The summed E-state index contributed by atoms with van der Waals surface area (Å²) in [6.07, 6.45) is 8.39. The van der Waals surface area contributed by atoms with Crippen LogP contribution in [-0.4, -0.2) is 19.6 Å². The third-order valence-electron chi connectivity index (χ3n) is 7.03. The van der Waals surface area contributed by atoms with Crippen LogP contribution in [0.5, 0.6) is 0 Å². The van der Waals surface area contributed by atoms with Crippen molar-refractivity contribution < 1.29 is 0 Å². The Balaban J connectivity index is 5.31. The Kier molecular flexibility index (Phi) is 10.3. The summed E-state index contributed by atoms with van der Waals surface area (Å²) >= 11 is 0. The van der Waals surface area contributed by atoms with Crippen molar-refractivity contribution in [2.45, 2.75) is 95.4 Å². The van der Waals surface area contributed by atoms with Crippen LogP contribution in [0.25, 0.3) is 0 Å². The van der Waals surface area contributed by atoms with Crippen molar-refractivity contribution in [2.24, 2.45) is 39.2 Å². The molecule has 0 amide bonds. The molecule has 0 heterocycles. The van der Waals surface area contributed by atoms with Gasteiger partial charge in [0.25, 0.3) is 0 Å². The van der Waals surface area contributed by atoms with Gasteiger partial charge in [-0.3, -0.25) is 0 Å². The Hall–Kier alpha value is -0.340.